The summed E-state index contributed by atoms with van der Waals surface area (Å²) in [5.74, 6) is 1.64. The molecule has 3 rings (SSSR count). The van der Waals surface area contributed by atoms with E-state index in [0.29, 0.717) is 5.92 Å². The van der Waals surface area contributed by atoms with Gasteiger partial charge in [-0.15, -0.1) is 0 Å². The molecule has 1 aliphatic heterocycles. The zero-order valence-corrected chi connectivity index (χ0v) is 11.7. The largest absolute Gasteiger partial charge is 0.342 e. The van der Waals surface area contributed by atoms with E-state index in [0.717, 1.165) is 48.5 Å². The average Bonchev–Trinajstić information content (AvgIpc) is 2.90. The van der Waals surface area contributed by atoms with Crippen molar-refractivity contribution in [1.82, 2.24) is 14.4 Å². The Morgan fingerprint density at radius 2 is 2.11 bits per heavy atom. The Morgan fingerprint density at radius 1 is 1.33 bits per heavy atom. The fourth-order valence-electron chi connectivity index (χ4n) is 2.48. The van der Waals surface area contributed by atoms with Crippen molar-refractivity contribution in [3.8, 4) is 0 Å². The van der Waals surface area contributed by atoms with E-state index in [9.17, 15) is 0 Å². The normalized spacial score (nSPS) is 17.6. The van der Waals surface area contributed by atoms with Gasteiger partial charge in [0.2, 0.25) is 5.95 Å². The second-order valence-corrected chi connectivity index (χ2v) is 5.55. The summed E-state index contributed by atoms with van der Waals surface area (Å²) in [5, 5.41) is 0. The zero-order valence-electron chi connectivity index (χ0n) is 10.1. The lowest BCUT2D eigenvalue weighted by atomic mass is 9.97. The third-order valence-corrected chi connectivity index (χ3v) is 4.15. The van der Waals surface area contributed by atoms with E-state index < -0.39 is 0 Å². The second kappa shape index (κ2) is 4.85. The number of nitrogens with two attached hydrogens (primary N) is 1. The number of rotatable bonds is 2. The molecular formula is C12H16BrN5. The van der Waals surface area contributed by atoms with Crippen LogP contribution in [-0.4, -0.2) is 34.0 Å². The number of fused-ring (bicyclic) bond motifs is 1. The average molecular weight is 310 g/mol. The molecule has 0 saturated carbocycles. The molecule has 18 heavy (non-hydrogen) atoms. The second-order valence-electron chi connectivity index (χ2n) is 4.69. The first-order chi connectivity index (χ1) is 8.79. The molecule has 3 heterocycles. The number of piperidine rings is 1. The molecule has 1 fully saturated rings. The molecule has 0 aromatic carbocycles. The van der Waals surface area contributed by atoms with Gasteiger partial charge in [-0.25, -0.2) is 9.97 Å². The monoisotopic (exact) mass is 309 g/mol. The molecule has 1 aliphatic rings. The number of nitrogens with zero attached hydrogens (tertiary/aromatic N) is 4. The summed E-state index contributed by atoms with van der Waals surface area (Å²) in [6, 6.07) is 0. The first kappa shape index (κ1) is 11.9. The van der Waals surface area contributed by atoms with Crippen LogP contribution in [0.4, 0.5) is 5.95 Å². The van der Waals surface area contributed by atoms with Crippen LogP contribution in [0.3, 0.4) is 0 Å². The van der Waals surface area contributed by atoms with Crippen LogP contribution in [0, 0.1) is 5.92 Å². The van der Waals surface area contributed by atoms with Crippen LogP contribution in [0.15, 0.2) is 23.1 Å². The van der Waals surface area contributed by atoms with Gasteiger partial charge in [-0.3, -0.25) is 4.40 Å². The van der Waals surface area contributed by atoms with Crippen molar-refractivity contribution < 1.29 is 0 Å². The van der Waals surface area contributed by atoms with E-state index in [-0.39, 0.29) is 0 Å². The van der Waals surface area contributed by atoms with E-state index in [1.165, 1.54) is 0 Å². The molecule has 6 heteroatoms. The summed E-state index contributed by atoms with van der Waals surface area (Å²) < 4.78 is 2.96. The minimum absolute atomic E-state index is 0.662. The number of anilines is 1. The zero-order chi connectivity index (χ0) is 12.5. The molecule has 0 unspecified atom stereocenters. The van der Waals surface area contributed by atoms with Crippen LogP contribution in [0.1, 0.15) is 12.8 Å². The molecule has 96 valence electrons. The smallest absolute Gasteiger partial charge is 0.211 e. The predicted molar refractivity (Wildman–Crippen MR) is 74.7 cm³/mol. The lowest BCUT2D eigenvalue weighted by Gasteiger charge is -2.32. The molecule has 0 aliphatic carbocycles. The van der Waals surface area contributed by atoms with Crippen molar-refractivity contribution in [2.24, 2.45) is 11.7 Å². The summed E-state index contributed by atoms with van der Waals surface area (Å²) in [4.78, 5) is 11.2. The number of halogens is 1. The van der Waals surface area contributed by atoms with Gasteiger partial charge >= 0.3 is 0 Å². The van der Waals surface area contributed by atoms with Gasteiger partial charge in [-0.1, -0.05) is 0 Å². The van der Waals surface area contributed by atoms with Crippen LogP contribution in [0.25, 0.3) is 5.65 Å². The Morgan fingerprint density at radius 3 is 2.83 bits per heavy atom. The molecule has 0 atom stereocenters. The molecular weight excluding hydrogens is 294 g/mol. The van der Waals surface area contributed by atoms with Gasteiger partial charge in [0.15, 0.2) is 5.65 Å². The van der Waals surface area contributed by atoms with Crippen LogP contribution in [-0.2, 0) is 0 Å². The lowest BCUT2D eigenvalue weighted by Crippen LogP contribution is -2.37. The molecule has 2 aromatic heterocycles. The fraction of sp³-hybridized carbons (Fsp3) is 0.500. The highest BCUT2D eigenvalue weighted by molar-refractivity contribution is 9.10. The van der Waals surface area contributed by atoms with Crippen molar-refractivity contribution in [3.63, 3.8) is 0 Å². The van der Waals surface area contributed by atoms with E-state index in [1.54, 1.807) is 6.20 Å². The highest BCUT2D eigenvalue weighted by Crippen LogP contribution is 2.24. The fourth-order valence-corrected chi connectivity index (χ4v) is 2.87. The third kappa shape index (κ3) is 1.99. The highest BCUT2D eigenvalue weighted by Gasteiger charge is 2.21. The van der Waals surface area contributed by atoms with Gasteiger partial charge in [0.25, 0.3) is 0 Å². The van der Waals surface area contributed by atoms with Crippen molar-refractivity contribution >= 4 is 27.5 Å². The van der Waals surface area contributed by atoms with Crippen molar-refractivity contribution in [1.29, 1.82) is 0 Å². The summed E-state index contributed by atoms with van der Waals surface area (Å²) in [7, 11) is 0. The van der Waals surface area contributed by atoms with E-state index >= 15 is 0 Å². The number of aromatic nitrogens is 3. The third-order valence-electron chi connectivity index (χ3n) is 3.59. The van der Waals surface area contributed by atoms with Gasteiger partial charge in [-0.05, 0) is 41.2 Å². The Bertz CT molecular complexity index is 544. The van der Waals surface area contributed by atoms with Crippen LogP contribution >= 0.6 is 15.9 Å². The van der Waals surface area contributed by atoms with Crippen molar-refractivity contribution in [2.45, 2.75) is 12.8 Å². The maximum absolute atomic E-state index is 5.73. The first-order valence-corrected chi connectivity index (χ1v) is 7.01. The number of hydrogen-bond donors (Lipinski definition) is 1. The molecule has 0 radical (unpaired) electrons. The lowest BCUT2D eigenvalue weighted by molar-refractivity contribution is 0.410. The topological polar surface area (TPSA) is 59.5 Å². The Labute approximate surface area is 114 Å². The molecule has 0 amide bonds. The first-order valence-electron chi connectivity index (χ1n) is 6.22. The Balaban J connectivity index is 1.91. The standard InChI is InChI=1S/C12H16BrN5/c13-10-8-16-12(18-6-3-15-11(10)18)17-4-1-9(7-14)2-5-17/h3,6,8-9H,1-2,4-5,7,14H2. The van der Waals surface area contributed by atoms with Gasteiger partial charge in [0.1, 0.15) is 0 Å². The number of hydrogen-bond acceptors (Lipinski definition) is 4. The maximum Gasteiger partial charge on any atom is 0.211 e. The summed E-state index contributed by atoms with van der Waals surface area (Å²) in [6.45, 7) is 2.83. The van der Waals surface area contributed by atoms with E-state index in [4.69, 9.17) is 5.73 Å². The predicted octanol–water partition coefficient (Wildman–Crippen LogP) is 1.67. The van der Waals surface area contributed by atoms with Crippen molar-refractivity contribution in [3.05, 3.63) is 23.1 Å². The van der Waals surface area contributed by atoms with Crippen LogP contribution in [0.2, 0.25) is 0 Å². The van der Waals surface area contributed by atoms with Gasteiger partial charge in [0, 0.05) is 31.7 Å². The summed E-state index contributed by atoms with van der Waals surface area (Å²) >= 11 is 3.47. The molecule has 2 aromatic rings. The number of imidazole rings is 1. The highest BCUT2D eigenvalue weighted by atomic mass is 79.9. The summed E-state index contributed by atoms with van der Waals surface area (Å²) in [6.07, 6.45) is 7.87. The quantitative estimate of drug-likeness (QED) is 0.916. The summed E-state index contributed by atoms with van der Waals surface area (Å²) in [5.41, 5.74) is 6.64. The van der Waals surface area contributed by atoms with Crippen molar-refractivity contribution in [2.75, 3.05) is 24.5 Å². The minimum Gasteiger partial charge on any atom is -0.342 e. The molecule has 0 spiro atoms. The Kier molecular flexibility index (Phi) is 3.22. The molecule has 0 bridgehead atoms. The molecule has 1 saturated heterocycles. The van der Waals surface area contributed by atoms with Gasteiger partial charge in [0.05, 0.1) is 4.47 Å². The molecule has 2 N–H and O–H groups in total. The van der Waals surface area contributed by atoms with Gasteiger partial charge in [-0.2, -0.15) is 0 Å². The van der Waals surface area contributed by atoms with E-state index in [2.05, 4.69) is 30.8 Å². The Hall–Kier alpha value is -1.14. The van der Waals surface area contributed by atoms with Gasteiger partial charge < -0.3 is 10.6 Å². The van der Waals surface area contributed by atoms with E-state index in [1.807, 2.05) is 16.8 Å². The maximum atomic E-state index is 5.73. The minimum atomic E-state index is 0.662. The SMILES string of the molecule is NCC1CCN(c2ncc(Br)c3nccn23)CC1. The van der Waals surface area contributed by atoms with Crippen LogP contribution < -0.4 is 10.6 Å². The molecule has 5 nitrogen and oxygen atoms in total. The van der Waals surface area contributed by atoms with Crippen LogP contribution in [0.5, 0.6) is 0 Å².